The molecule has 1 aromatic rings. The molecule has 130 valence electrons. The maximum Gasteiger partial charge on any atom is 0.417 e. The van der Waals surface area contributed by atoms with E-state index in [0.29, 0.717) is 31.0 Å². The quantitative estimate of drug-likeness (QED) is 0.822. The number of nitrogens with one attached hydrogen (secondary N) is 1. The van der Waals surface area contributed by atoms with E-state index >= 15 is 0 Å². The second-order valence-electron chi connectivity index (χ2n) is 5.66. The van der Waals surface area contributed by atoms with Crippen molar-refractivity contribution in [3.8, 4) is 0 Å². The molecule has 23 heavy (non-hydrogen) atoms. The monoisotopic (exact) mass is 351 g/mol. The van der Waals surface area contributed by atoms with Crippen LogP contribution < -0.4 is 5.32 Å². The standard InChI is InChI=1S/C14H20F3N3O2S/c1-11-9-12(14(15,16)17)10-19-13(11)18-3-2-4-20-5-7-23(21,22)8-6-20/h9-10H,2-8H2,1H3,(H,18,19). The van der Waals surface area contributed by atoms with Crippen molar-refractivity contribution < 1.29 is 21.6 Å². The van der Waals surface area contributed by atoms with Gasteiger partial charge < -0.3 is 10.2 Å². The van der Waals surface area contributed by atoms with Gasteiger partial charge in [-0.25, -0.2) is 13.4 Å². The molecule has 1 fully saturated rings. The van der Waals surface area contributed by atoms with Gasteiger partial charge in [-0.15, -0.1) is 0 Å². The molecule has 1 N–H and O–H groups in total. The zero-order chi connectivity index (χ0) is 17.1. The van der Waals surface area contributed by atoms with Gasteiger partial charge in [0.05, 0.1) is 17.1 Å². The second-order valence-corrected chi connectivity index (χ2v) is 7.96. The van der Waals surface area contributed by atoms with Crippen molar-refractivity contribution in [1.29, 1.82) is 0 Å². The average Bonchev–Trinajstić information content (AvgIpc) is 2.45. The zero-order valence-electron chi connectivity index (χ0n) is 12.9. The minimum absolute atomic E-state index is 0.194. The molecule has 0 bridgehead atoms. The first-order valence-electron chi connectivity index (χ1n) is 7.38. The highest BCUT2D eigenvalue weighted by atomic mass is 32.2. The molecule has 0 saturated carbocycles. The number of pyridine rings is 1. The number of alkyl halides is 3. The van der Waals surface area contributed by atoms with Crippen LogP contribution in [0, 0.1) is 6.92 Å². The van der Waals surface area contributed by atoms with Gasteiger partial charge in [0.15, 0.2) is 9.84 Å². The van der Waals surface area contributed by atoms with Gasteiger partial charge in [-0.1, -0.05) is 0 Å². The predicted molar refractivity (Wildman–Crippen MR) is 82.2 cm³/mol. The summed E-state index contributed by atoms with van der Waals surface area (Å²) in [7, 11) is -2.87. The first kappa shape index (κ1) is 18.0. The van der Waals surface area contributed by atoms with E-state index in [-0.39, 0.29) is 11.5 Å². The Morgan fingerprint density at radius 1 is 1.30 bits per heavy atom. The molecule has 9 heteroatoms. The third kappa shape index (κ3) is 5.35. The largest absolute Gasteiger partial charge is 0.417 e. The van der Waals surface area contributed by atoms with E-state index in [2.05, 4.69) is 15.2 Å². The Hall–Kier alpha value is -1.35. The molecule has 0 amide bonds. The van der Waals surface area contributed by atoms with E-state index in [1.165, 1.54) is 0 Å². The summed E-state index contributed by atoms with van der Waals surface area (Å²) in [6, 6.07) is 1.07. The molecule has 0 spiro atoms. The molecule has 0 aromatic carbocycles. The summed E-state index contributed by atoms with van der Waals surface area (Å²) in [5.41, 5.74) is -0.307. The number of halogens is 3. The summed E-state index contributed by atoms with van der Waals surface area (Å²) in [4.78, 5) is 5.90. The number of hydrogen-bond acceptors (Lipinski definition) is 5. The van der Waals surface area contributed by atoms with Crippen LogP contribution >= 0.6 is 0 Å². The number of sulfone groups is 1. The Kier molecular flexibility index (Phi) is 5.51. The minimum Gasteiger partial charge on any atom is -0.370 e. The van der Waals surface area contributed by atoms with Gasteiger partial charge in [0.25, 0.3) is 0 Å². The second kappa shape index (κ2) is 7.04. The molecule has 0 aliphatic carbocycles. The average molecular weight is 351 g/mol. The summed E-state index contributed by atoms with van der Waals surface area (Å²) >= 11 is 0. The summed E-state index contributed by atoms with van der Waals surface area (Å²) in [6.45, 7) is 3.99. The van der Waals surface area contributed by atoms with Gasteiger partial charge in [-0.05, 0) is 31.5 Å². The van der Waals surface area contributed by atoms with E-state index < -0.39 is 21.6 Å². The molecule has 0 atom stereocenters. The maximum absolute atomic E-state index is 12.6. The van der Waals surface area contributed by atoms with Crippen LogP contribution in [0.4, 0.5) is 19.0 Å². The number of nitrogens with zero attached hydrogens (tertiary/aromatic N) is 2. The van der Waals surface area contributed by atoms with E-state index in [4.69, 9.17) is 0 Å². The van der Waals surface area contributed by atoms with Crippen LogP contribution in [0.3, 0.4) is 0 Å². The Balaban J connectivity index is 1.77. The van der Waals surface area contributed by atoms with Gasteiger partial charge in [-0.2, -0.15) is 13.2 Å². The normalized spacial score (nSPS) is 18.8. The lowest BCUT2D eigenvalue weighted by Crippen LogP contribution is -2.41. The molecule has 5 nitrogen and oxygen atoms in total. The van der Waals surface area contributed by atoms with Crippen molar-refractivity contribution in [3.63, 3.8) is 0 Å². The van der Waals surface area contributed by atoms with Crippen molar-refractivity contribution in [2.45, 2.75) is 19.5 Å². The van der Waals surface area contributed by atoms with Crippen molar-refractivity contribution >= 4 is 15.7 Å². The highest BCUT2D eigenvalue weighted by Crippen LogP contribution is 2.30. The lowest BCUT2D eigenvalue weighted by molar-refractivity contribution is -0.137. The fraction of sp³-hybridized carbons (Fsp3) is 0.643. The number of aromatic nitrogens is 1. The smallest absolute Gasteiger partial charge is 0.370 e. The highest BCUT2D eigenvalue weighted by molar-refractivity contribution is 7.91. The molecule has 2 rings (SSSR count). The molecule has 1 saturated heterocycles. The fourth-order valence-corrected chi connectivity index (χ4v) is 3.68. The first-order chi connectivity index (χ1) is 10.7. The topological polar surface area (TPSA) is 62.3 Å². The molecule has 0 unspecified atom stereocenters. The van der Waals surface area contributed by atoms with Crippen molar-refractivity contribution in [1.82, 2.24) is 9.88 Å². The minimum atomic E-state index is -4.38. The Morgan fingerprint density at radius 2 is 1.96 bits per heavy atom. The molecule has 1 aliphatic heterocycles. The van der Waals surface area contributed by atoms with Crippen LogP contribution in [0.1, 0.15) is 17.5 Å². The number of hydrogen-bond donors (Lipinski definition) is 1. The SMILES string of the molecule is Cc1cc(C(F)(F)F)cnc1NCCCN1CCS(=O)(=O)CC1. The van der Waals surface area contributed by atoms with Gasteiger partial charge >= 0.3 is 6.18 Å². The first-order valence-corrected chi connectivity index (χ1v) is 9.20. The van der Waals surface area contributed by atoms with Gasteiger partial charge in [-0.3, -0.25) is 0 Å². The fourth-order valence-electron chi connectivity index (χ4n) is 2.40. The Bertz CT molecular complexity index is 633. The van der Waals surface area contributed by atoms with Gasteiger partial charge in [0, 0.05) is 25.8 Å². The summed E-state index contributed by atoms with van der Waals surface area (Å²) in [5, 5.41) is 3.02. The molecular weight excluding hydrogens is 331 g/mol. The summed E-state index contributed by atoms with van der Waals surface area (Å²) < 4.78 is 60.3. The van der Waals surface area contributed by atoms with Crippen LogP contribution in [0.2, 0.25) is 0 Å². The van der Waals surface area contributed by atoms with E-state index in [1.807, 2.05) is 0 Å². The third-order valence-electron chi connectivity index (χ3n) is 3.79. The van der Waals surface area contributed by atoms with Crippen molar-refractivity contribution in [3.05, 3.63) is 23.4 Å². The zero-order valence-corrected chi connectivity index (χ0v) is 13.7. The van der Waals surface area contributed by atoms with Gasteiger partial charge in [0.2, 0.25) is 0 Å². The molecule has 1 aliphatic rings. The lowest BCUT2D eigenvalue weighted by atomic mass is 10.2. The summed E-state index contributed by atoms with van der Waals surface area (Å²) in [5.74, 6) is 0.833. The number of rotatable bonds is 5. The number of anilines is 1. The molecular formula is C14H20F3N3O2S. The predicted octanol–water partition coefficient (Wildman–Crippen LogP) is 1.94. The third-order valence-corrected chi connectivity index (χ3v) is 5.40. The van der Waals surface area contributed by atoms with Crippen LogP contribution in [0.5, 0.6) is 0 Å². The van der Waals surface area contributed by atoms with Crippen LogP contribution in [-0.4, -0.2) is 56.0 Å². The molecule has 2 heterocycles. The van der Waals surface area contributed by atoms with Gasteiger partial charge in [0.1, 0.15) is 5.82 Å². The van der Waals surface area contributed by atoms with Crippen molar-refractivity contribution in [2.24, 2.45) is 0 Å². The molecule has 0 radical (unpaired) electrons. The number of aryl methyl sites for hydroxylation is 1. The van der Waals surface area contributed by atoms with Crippen LogP contribution in [0.15, 0.2) is 12.3 Å². The molecule has 1 aromatic heterocycles. The van der Waals surface area contributed by atoms with Crippen LogP contribution in [-0.2, 0) is 16.0 Å². The van der Waals surface area contributed by atoms with E-state index in [1.54, 1.807) is 6.92 Å². The summed E-state index contributed by atoms with van der Waals surface area (Å²) in [6.07, 6.45) is -2.79. The Labute approximate surface area is 133 Å². The Morgan fingerprint density at radius 3 is 2.52 bits per heavy atom. The van der Waals surface area contributed by atoms with E-state index in [0.717, 1.165) is 25.2 Å². The highest BCUT2D eigenvalue weighted by Gasteiger charge is 2.31. The van der Waals surface area contributed by atoms with E-state index in [9.17, 15) is 21.6 Å². The van der Waals surface area contributed by atoms with Crippen LogP contribution in [0.25, 0.3) is 0 Å². The van der Waals surface area contributed by atoms with Crippen molar-refractivity contribution in [2.75, 3.05) is 43.0 Å². The maximum atomic E-state index is 12.6. The lowest BCUT2D eigenvalue weighted by Gasteiger charge is -2.26.